The van der Waals surface area contributed by atoms with E-state index in [9.17, 15) is 14.9 Å². The number of aryl methyl sites for hydroxylation is 1. The first-order valence-corrected chi connectivity index (χ1v) is 9.27. The minimum Gasteiger partial charge on any atom is -0.497 e. The van der Waals surface area contributed by atoms with E-state index in [1.807, 2.05) is 24.3 Å². The van der Waals surface area contributed by atoms with Gasteiger partial charge >= 0.3 is 0 Å². The average Bonchev–Trinajstić information content (AvgIpc) is 3.20. The highest BCUT2D eigenvalue weighted by atomic mass is 16.6. The van der Waals surface area contributed by atoms with Gasteiger partial charge in [-0.2, -0.15) is 0 Å². The number of carbonyl (C=O) groups is 1. The van der Waals surface area contributed by atoms with E-state index in [1.165, 1.54) is 18.2 Å². The highest BCUT2D eigenvalue weighted by Crippen LogP contribution is 2.22. The lowest BCUT2D eigenvalue weighted by molar-refractivity contribution is -0.384. The van der Waals surface area contributed by atoms with Gasteiger partial charge in [-0.3, -0.25) is 14.9 Å². The van der Waals surface area contributed by atoms with Crippen LogP contribution in [-0.2, 0) is 11.3 Å². The molecule has 148 valence electrons. The van der Waals surface area contributed by atoms with Crippen LogP contribution in [-0.4, -0.2) is 42.1 Å². The minimum atomic E-state index is -0.457. The van der Waals surface area contributed by atoms with E-state index < -0.39 is 4.92 Å². The van der Waals surface area contributed by atoms with Gasteiger partial charge < -0.3 is 14.4 Å². The monoisotopic (exact) mass is 384 g/mol. The molecule has 1 amide bonds. The highest BCUT2D eigenvalue weighted by molar-refractivity contribution is 5.96. The molecule has 1 unspecified atom stereocenters. The van der Waals surface area contributed by atoms with Gasteiger partial charge in [0.2, 0.25) is 0 Å². The molecule has 0 radical (unpaired) electrons. The van der Waals surface area contributed by atoms with Crippen LogP contribution in [0.25, 0.3) is 0 Å². The van der Waals surface area contributed by atoms with Crippen LogP contribution in [0.15, 0.2) is 42.5 Å². The zero-order chi connectivity index (χ0) is 20.1. The Bertz CT molecular complexity index is 862. The molecule has 0 N–H and O–H groups in total. The summed E-state index contributed by atoms with van der Waals surface area (Å²) < 4.78 is 11.0. The van der Waals surface area contributed by atoms with E-state index in [-0.39, 0.29) is 17.7 Å². The summed E-state index contributed by atoms with van der Waals surface area (Å²) in [5, 5.41) is 11.0. The number of rotatable bonds is 7. The third kappa shape index (κ3) is 4.67. The Kier molecular flexibility index (Phi) is 6.26. The summed E-state index contributed by atoms with van der Waals surface area (Å²) in [6, 6.07) is 11.9. The van der Waals surface area contributed by atoms with Crippen LogP contribution in [0, 0.1) is 17.0 Å². The van der Waals surface area contributed by atoms with Crippen molar-refractivity contribution < 1.29 is 19.2 Å². The van der Waals surface area contributed by atoms with Gasteiger partial charge in [0, 0.05) is 37.4 Å². The van der Waals surface area contributed by atoms with Crippen molar-refractivity contribution in [2.45, 2.75) is 32.4 Å². The van der Waals surface area contributed by atoms with Gasteiger partial charge in [0.15, 0.2) is 0 Å². The van der Waals surface area contributed by atoms with Crippen molar-refractivity contribution >= 4 is 11.6 Å². The number of nitro benzene ring substituents is 1. The second-order valence-electron chi connectivity index (χ2n) is 6.93. The van der Waals surface area contributed by atoms with E-state index in [4.69, 9.17) is 9.47 Å². The first-order chi connectivity index (χ1) is 13.5. The molecule has 2 aromatic carbocycles. The summed E-state index contributed by atoms with van der Waals surface area (Å²) in [5.41, 5.74) is 1.98. The number of methoxy groups -OCH3 is 1. The molecule has 1 saturated heterocycles. The number of non-ortho nitro benzene ring substituents is 1. The Balaban J connectivity index is 1.86. The molecule has 0 saturated carbocycles. The third-order valence-corrected chi connectivity index (χ3v) is 4.89. The Hall–Kier alpha value is -2.93. The van der Waals surface area contributed by atoms with Crippen LogP contribution in [0.3, 0.4) is 0 Å². The van der Waals surface area contributed by atoms with Gasteiger partial charge in [-0.05, 0) is 49.1 Å². The van der Waals surface area contributed by atoms with E-state index in [0.717, 1.165) is 24.2 Å². The van der Waals surface area contributed by atoms with Crippen LogP contribution < -0.4 is 4.74 Å². The van der Waals surface area contributed by atoms with Crippen LogP contribution >= 0.6 is 0 Å². The molecule has 0 bridgehead atoms. The molecule has 0 spiro atoms. The molecule has 1 heterocycles. The van der Waals surface area contributed by atoms with Crippen LogP contribution in [0.2, 0.25) is 0 Å². The largest absolute Gasteiger partial charge is 0.497 e. The smallest absolute Gasteiger partial charge is 0.269 e. The molecule has 1 aliphatic heterocycles. The number of nitro groups is 1. The molecule has 1 aliphatic rings. The number of ether oxygens (including phenoxy) is 2. The summed E-state index contributed by atoms with van der Waals surface area (Å²) in [4.78, 5) is 25.5. The highest BCUT2D eigenvalue weighted by Gasteiger charge is 2.25. The summed E-state index contributed by atoms with van der Waals surface area (Å²) in [6.07, 6.45) is 1.91. The molecule has 28 heavy (non-hydrogen) atoms. The van der Waals surface area contributed by atoms with Crippen molar-refractivity contribution in [3.8, 4) is 5.75 Å². The molecule has 2 aromatic rings. The average molecular weight is 384 g/mol. The lowest BCUT2D eigenvalue weighted by atomic mass is 10.1. The second-order valence-corrected chi connectivity index (χ2v) is 6.93. The first kappa shape index (κ1) is 19.8. The standard InChI is InChI=1S/C21H24N2O5/c1-15-11-17(23(25)26)8-9-20(15)21(24)22(14-19-7-4-10-28-19)13-16-5-3-6-18(12-16)27-2/h3,5-6,8-9,11-12,19H,4,7,10,13-14H2,1-2H3. The zero-order valence-corrected chi connectivity index (χ0v) is 16.1. The van der Waals surface area contributed by atoms with Gasteiger partial charge in [0.05, 0.1) is 18.1 Å². The minimum absolute atomic E-state index is 0.00733. The van der Waals surface area contributed by atoms with Gasteiger partial charge in [-0.15, -0.1) is 0 Å². The third-order valence-electron chi connectivity index (χ3n) is 4.89. The normalized spacial score (nSPS) is 16.0. The van der Waals surface area contributed by atoms with Crippen LogP contribution in [0.5, 0.6) is 5.75 Å². The maximum Gasteiger partial charge on any atom is 0.269 e. The van der Waals surface area contributed by atoms with Gasteiger partial charge in [-0.1, -0.05) is 12.1 Å². The summed E-state index contributed by atoms with van der Waals surface area (Å²) in [7, 11) is 1.61. The topological polar surface area (TPSA) is 81.9 Å². The predicted molar refractivity (Wildman–Crippen MR) is 105 cm³/mol. The zero-order valence-electron chi connectivity index (χ0n) is 16.1. The fraction of sp³-hybridized carbons (Fsp3) is 0.381. The fourth-order valence-corrected chi connectivity index (χ4v) is 3.42. The van der Waals surface area contributed by atoms with Crippen molar-refractivity contribution in [3.63, 3.8) is 0 Å². The summed E-state index contributed by atoms with van der Waals surface area (Å²) >= 11 is 0. The Morgan fingerprint density at radius 2 is 2.14 bits per heavy atom. The van der Waals surface area contributed by atoms with Crippen molar-refractivity contribution in [3.05, 3.63) is 69.3 Å². The Morgan fingerprint density at radius 1 is 1.32 bits per heavy atom. The number of benzene rings is 2. The van der Waals surface area contributed by atoms with Crippen molar-refractivity contribution in [1.29, 1.82) is 0 Å². The molecule has 0 aliphatic carbocycles. The second kappa shape index (κ2) is 8.84. The molecule has 1 atom stereocenters. The number of carbonyl (C=O) groups excluding carboxylic acids is 1. The van der Waals surface area contributed by atoms with Crippen molar-refractivity contribution in [2.24, 2.45) is 0 Å². The lowest BCUT2D eigenvalue weighted by Gasteiger charge is -2.26. The van der Waals surface area contributed by atoms with E-state index in [1.54, 1.807) is 18.9 Å². The van der Waals surface area contributed by atoms with Gasteiger partial charge in [-0.25, -0.2) is 0 Å². The van der Waals surface area contributed by atoms with Crippen LogP contribution in [0.1, 0.15) is 34.3 Å². The van der Waals surface area contributed by atoms with Crippen LogP contribution in [0.4, 0.5) is 5.69 Å². The Morgan fingerprint density at radius 3 is 2.79 bits per heavy atom. The SMILES string of the molecule is COc1cccc(CN(CC2CCCO2)C(=O)c2ccc([N+](=O)[O-])cc2C)c1. The number of amides is 1. The first-order valence-electron chi connectivity index (χ1n) is 9.27. The van der Waals surface area contributed by atoms with E-state index in [0.29, 0.717) is 30.8 Å². The molecule has 7 nitrogen and oxygen atoms in total. The molecular formula is C21H24N2O5. The lowest BCUT2D eigenvalue weighted by Crippen LogP contribution is -2.37. The van der Waals surface area contributed by atoms with E-state index in [2.05, 4.69) is 0 Å². The number of hydrogen-bond donors (Lipinski definition) is 0. The number of hydrogen-bond acceptors (Lipinski definition) is 5. The molecule has 7 heteroatoms. The summed E-state index contributed by atoms with van der Waals surface area (Å²) in [5.74, 6) is 0.569. The molecule has 0 aromatic heterocycles. The maximum absolute atomic E-state index is 13.3. The number of nitrogens with zero attached hydrogens (tertiary/aromatic N) is 2. The van der Waals surface area contributed by atoms with Crippen molar-refractivity contribution in [1.82, 2.24) is 4.90 Å². The van der Waals surface area contributed by atoms with E-state index >= 15 is 0 Å². The van der Waals surface area contributed by atoms with Gasteiger partial charge in [0.25, 0.3) is 11.6 Å². The molecular weight excluding hydrogens is 360 g/mol. The quantitative estimate of drug-likeness (QED) is 0.537. The fourth-order valence-electron chi connectivity index (χ4n) is 3.42. The summed E-state index contributed by atoms with van der Waals surface area (Å²) in [6.45, 7) is 3.32. The predicted octanol–water partition coefficient (Wildman–Crippen LogP) is 3.73. The molecule has 1 fully saturated rings. The Labute approximate surface area is 164 Å². The van der Waals surface area contributed by atoms with Gasteiger partial charge in [0.1, 0.15) is 5.75 Å². The van der Waals surface area contributed by atoms with Crippen molar-refractivity contribution in [2.75, 3.05) is 20.3 Å². The molecule has 3 rings (SSSR count). The maximum atomic E-state index is 13.3.